The Bertz CT molecular complexity index is 1120. The van der Waals surface area contributed by atoms with Gasteiger partial charge in [-0.1, -0.05) is 24.3 Å². The zero-order valence-electron chi connectivity index (χ0n) is 18.6. The molecule has 2 aromatic rings. The lowest BCUT2D eigenvalue weighted by Crippen LogP contribution is -2.40. The Morgan fingerprint density at radius 2 is 1.82 bits per heavy atom. The number of likely N-dealkylation sites (tertiary alicyclic amines) is 1. The average Bonchev–Trinajstić information content (AvgIpc) is 3.21. The molecule has 7 heteroatoms. The molecule has 2 aliphatic carbocycles. The number of halogens is 1. The number of hydrogen-bond acceptors (Lipinski definition) is 3. The molecule has 6 nitrogen and oxygen atoms in total. The Balaban J connectivity index is 1.18. The molecule has 0 bridgehead atoms. The lowest BCUT2D eigenvalue weighted by Gasteiger charge is -2.25. The van der Waals surface area contributed by atoms with Gasteiger partial charge in [-0.3, -0.25) is 15.1 Å². The second-order valence-electron chi connectivity index (χ2n) is 9.91. The number of aryl methyl sites for hydroxylation is 2. The van der Waals surface area contributed by atoms with Crippen LogP contribution in [0.15, 0.2) is 36.4 Å². The van der Waals surface area contributed by atoms with Gasteiger partial charge in [0.05, 0.1) is 5.69 Å². The SMILES string of the molecule is O=C(C1CC1)N1CC[C@@H](CC2NNC(=O)N2c2ccc(-c3ccc4c(c3)CCC4)cc2F)C1. The van der Waals surface area contributed by atoms with E-state index in [1.54, 1.807) is 6.07 Å². The molecule has 1 saturated carbocycles. The van der Waals surface area contributed by atoms with Crippen molar-refractivity contribution in [1.29, 1.82) is 0 Å². The van der Waals surface area contributed by atoms with E-state index in [4.69, 9.17) is 0 Å². The fraction of sp³-hybridized carbons (Fsp3) is 0.462. The summed E-state index contributed by atoms with van der Waals surface area (Å²) in [6.07, 6.45) is 6.63. The number of hydrazine groups is 1. The summed E-state index contributed by atoms with van der Waals surface area (Å²) in [6, 6.07) is 11.1. The third-order valence-corrected chi connectivity index (χ3v) is 7.60. The summed E-state index contributed by atoms with van der Waals surface area (Å²) in [5.74, 6) is 0.380. The topological polar surface area (TPSA) is 64.7 Å². The quantitative estimate of drug-likeness (QED) is 0.727. The van der Waals surface area contributed by atoms with E-state index in [0.29, 0.717) is 6.42 Å². The molecular weight excluding hydrogens is 419 g/mol. The first-order valence-electron chi connectivity index (χ1n) is 12.1. The number of anilines is 1. The first-order chi connectivity index (χ1) is 16.1. The average molecular weight is 449 g/mol. The van der Waals surface area contributed by atoms with Gasteiger partial charge in [-0.05, 0) is 85.3 Å². The Hall–Kier alpha value is -2.93. The Labute approximate surface area is 193 Å². The number of carbonyl (C=O) groups is 2. The van der Waals surface area contributed by atoms with Crippen molar-refractivity contribution < 1.29 is 14.0 Å². The molecule has 172 valence electrons. The van der Waals surface area contributed by atoms with Crippen molar-refractivity contribution in [2.45, 2.75) is 51.1 Å². The molecule has 4 aliphatic rings. The summed E-state index contributed by atoms with van der Waals surface area (Å²) < 4.78 is 15.3. The largest absolute Gasteiger partial charge is 0.342 e. The van der Waals surface area contributed by atoms with Crippen LogP contribution in [0.4, 0.5) is 14.9 Å². The fourth-order valence-electron chi connectivity index (χ4n) is 5.62. The number of carbonyl (C=O) groups excluding carboxylic acids is 2. The van der Waals surface area contributed by atoms with Crippen LogP contribution in [-0.4, -0.2) is 36.1 Å². The minimum Gasteiger partial charge on any atom is -0.342 e. The van der Waals surface area contributed by atoms with Crippen molar-refractivity contribution >= 4 is 17.6 Å². The van der Waals surface area contributed by atoms with E-state index < -0.39 is 5.82 Å². The number of fused-ring (bicyclic) bond motifs is 1. The van der Waals surface area contributed by atoms with Gasteiger partial charge in [0.2, 0.25) is 5.91 Å². The summed E-state index contributed by atoms with van der Waals surface area (Å²) in [4.78, 5) is 28.4. The highest BCUT2D eigenvalue weighted by atomic mass is 19.1. The lowest BCUT2D eigenvalue weighted by atomic mass is 9.99. The number of urea groups is 1. The number of benzene rings is 2. The van der Waals surface area contributed by atoms with E-state index in [0.717, 1.165) is 56.3 Å². The van der Waals surface area contributed by atoms with Crippen LogP contribution in [0.5, 0.6) is 0 Å². The monoisotopic (exact) mass is 448 g/mol. The highest BCUT2D eigenvalue weighted by Crippen LogP contribution is 2.35. The predicted octanol–water partition coefficient (Wildman–Crippen LogP) is 3.99. The minimum atomic E-state index is -0.409. The van der Waals surface area contributed by atoms with Crippen molar-refractivity contribution in [3.63, 3.8) is 0 Å². The van der Waals surface area contributed by atoms with Crippen molar-refractivity contribution in [3.8, 4) is 11.1 Å². The summed E-state index contributed by atoms with van der Waals surface area (Å²) in [5, 5.41) is 0. The normalized spacial score (nSPS) is 24.3. The predicted molar refractivity (Wildman–Crippen MR) is 124 cm³/mol. The van der Waals surface area contributed by atoms with E-state index in [1.807, 2.05) is 11.0 Å². The van der Waals surface area contributed by atoms with Crippen LogP contribution in [0.1, 0.15) is 43.2 Å². The fourth-order valence-corrected chi connectivity index (χ4v) is 5.62. The van der Waals surface area contributed by atoms with Gasteiger partial charge < -0.3 is 4.90 Å². The number of nitrogens with zero attached hydrogens (tertiary/aromatic N) is 2. The standard InChI is InChI=1S/C26H29FN4O2/c27-22-14-21(20-7-4-17-2-1-3-19(17)13-20)8-9-23(22)31-24(28-29-26(31)33)12-16-10-11-30(15-16)25(32)18-5-6-18/h4,7-9,13-14,16,18,24,28H,1-3,5-6,10-12,15H2,(H,29,33)/t16-,24?/m0/s1. The maximum atomic E-state index is 15.3. The highest BCUT2D eigenvalue weighted by molar-refractivity contribution is 5.94. The van der Waals surface area contributed by atoms with Crippen LogP contribution in [0.25, 0.3) is 11.1 Å². The number of rotatable bonds is 5. The molecule has 33 heavy (non-hydrogen) atoms. The molecule has 2 aromatic carbocycles. The molecule has 0 aromatic heterocycles. The maximum absolute atomic E-state index is 15.3. The Morgan fingerprint density at radius 1 is 1.03 bits per heavy atom. The summed E-state index contributed by atoms with van der Waals surface area (Å²) in [6.45, 7) is 1.49. The molecular formula is C26H29FN4O2. The smallest absolute Gasteiger partial charge is 0.337 e. The number of nitrogens with one attached hydrogen (secondary N) is 2. The zero-order chi connectivity index (χ0) is 22.5. The molecule has 2 atom stereocenters. The molecule has 2 aliphatic heterocycles. The first kappa shape index (κ1) is 20.7. The maximum Gasteiger partial charge on any atom is 0.337 e. The lowest BCUT2D eigenvalue weighted by molar-refractivity contribution is -0.131. The van der Waals surface area contributed by atoms with Gasteiger partial charge in [0.25, 0.3) is 0 Å². The molecule has 0 radical (unpaired) electrons. The van der Waals surface area contributed by atoms with Crippen molar-refractivity contribution in [2.24, 2.45) is 11.8 Å². The van der Waals surface area contributed by atoms with Gasteiger partial charge in [-0.25, -0.2) is 14.6 Å². The van der Waals surface area contributed by atoms with Crippen LogP contribution in [0, 0.1) is 17.7 Å². The van der Waals surface area contributed by atoms with Gasteiger partial charge in [-0.15, -0.1) is 0 Å². The van der Waals surface area contributed by atoms with Gasteiger partial charge in [0.1, 0.15) is 12.0 Å². The summed E-state index contributed by atoms with van der Waals surface area (Å²) >= 11 is 0. The van der Waals surface area contributed by atoms with Crippen molar-refractivity contribution in [1.82, 2.24) is 15.8 Å². The minimum absolute atomic E-state index is 0.228. The van der Waals surface area contributed by atoms with E-state index in [9.17, 15) is 9.59 Å². The van der Waals surface area contributed by atoms with Crippen molar-refractivity contribution in [2.75, 3.05) is 18.0 Å². The van der Waals surface area contributed by atoms with E-state index in [-0.39, 0.29) is 35.6 Å². The third kappa shape index (κ3) is 3.88. The van der Waals surface area contributed by atoms with Crippen molar-refractivity contribution in [3.05, 3.63) is 53.3 Å². The van der Waals surface area contributed by atoms with E-state index in [1.165, 1.54) is 28.5 Å². The van der Waals surface area contributed by atoms with Gasteiger partial charge in [-0.2, -0.15) is 0 Å². The first-order valence-corrected chi connectivity index (χ1v) is 12.1. The van der Waals surface area contributed by atoms with Gasteiger partial charge in [0, 0.05) is 19.0 Å². The van der Waals surface area contributed by atoms with Crippen LogP contribution < -0.4 is 15.8 Å². The van der Waals surface area contributed by atoms with E-state index in [2.05, 4.69) is 29.1 Å². The molecule has 0 spiro atoms. The highest BCUT2D eigenvalue weighted by Gasteiger charge is 2.40. The molecule has 3 fully saturated rings. The van der Waals surface area contributed by atoms with Crippen LogP contribution in [0.3, 0.4) is 0 Å². The number of hydrogen-bond donors (Lipinski definition) is 2. The molecule has 2 saturated heterocycles. The molecule has 3 amide bonds. The summed E-state index contributed by atoms with van der Waals surface area (Å²) in [7, 11) is 0. The van der Waals surface area contributed by atoms with Crippen LogP contribution in [0.2, 0.25) is 0 Å². The number of amides is 3. The molecule has 2 N–H and O–H groups in total. The molecule has 2 heterocycles. The van der Waals surface area contributed by atoms with Gasteiger partial charge >= 0.3 is 6.03 Å². The molecule has 6 rings (SSSR count). The zero-order valence-corrected chi connectivity index (χ0v) is 18.6. The molecule has 1 unspecified atom stereocenters. The second kappa shape index (κ2) is 8.13. The summed E-state index contributed by atoms with van der Waals surface area (Å²) in [5.41, 5.74) is 10.5. The van der Waals surface area contributed by atoms with E-state index >= 15 is 4.39 Å². The second-order valence-corrected chi connectivity index (χ2v) is 9.91. The van der Waals surface area contributed by atoms with Crippen LogP contribution >= 0.6 is 0 Å². The third-order valence-electron chi connectivity index (χ3n) is 7.60. The van der Waals surface area contributed by atoms with Crippen LogP contribution in [-0.2, 0) is 17.6 Å². The Kier molecular flexibility index (Phi) is 5.09. The van der Waals surface area contributed by atoms with Gasteiger partial charge in [0.15, 0.2) is 0 Å². The Morgan fingerprint density at radius 3 is 2.64 bits per heavy atom.